The number of thiophene rings is 1. The molecule has 0 aliphatic carbocycles. The lowest BCUT2D eigenvalue weighted by molar-refractivity contribution is 0.673. The summed E-state index contributed by atoms with van der Waals surface area (Å²) < 4.78 is 10.7. The molecule has 200 valence electrons. The molecule has 4 heterocycles. The lowest BCUT2D eigenvalue weighted by atomic mass is 10.1. The zero-order valence-electron chi connectivity index (χ0n) is 22.7. The summed E-state index contributed by atoms with van der Waals surface area (Å²) >= 11 is 1.71. The van der Waals surface area contributed by atoms with E-state index in [1.54, 1.807) is 11.3 Å². The van der Waals surface area contributed by atoms with Gasteiger partial charge in [0.2, 0.25) is 0 Å². The summed E-state index contributed by atoms with van der Waals surface area (Å²) in [6, 6.07) is 43.2. The minimum atomic E-state index is 0.533. The predicted octanol–water partition coefficient (Wildman–Crippen LogP) is 9.89. The Morgan fingerprint density at radius 2 is 1.44 bits per heavy atom. The molecule has 43 heavy (non-hydrogen) atoms. The lowest BCUT2D eigenvalue weighted by Crippen LogP contribution is -1.99. The van der Waals surface area contributed by atoms with Crippen LogP contribution < -0.4 is 0 Å². The van der Waals surface area contributed by atoms with Crippen LogP contribution in [-0.4, -0.2) is 14.5 Å². The topological polar surface area (TPSA) is 67.6 Å². The van der Waals surface area contributed by atoms with E-state index in [1.165, 1.54) is 4.70 Å². The second kappa shape index (κ2) is 9.12. The van der Waals surface area contributed by atoms with Crippen LogP contribution in [0.1, 0.15) is 5.56 Å². The highest BCUT2D eigenvalue weighted by Crippen LogP contribution is 2.41. The summed E-state index contributed by atoms with van der Waals surface area (Å²) in [7, 11) is 0. The van der Waals surface area contributed by atoms with Crippen molar-refractivity contribution in [1.29, 1.82) is 5.26 Å². The number of furan rings is 1. The Balaban J connectivity index is 1.30. The summed E-state index contributed by atoms with van der Waals surface area (Å²) in [5.74, 6) is 0.592. The highest BCUT2D eigenvalue weighted by Gasteiger charge is 2.22. The van der Waals surface area contributed by atoms with Gasteiger partial charge in [-0.3, -0.25) is 0 Å². The van der Waals surface area contributed by atoms with Gasteiger partial charge in [-0.15, -0.1) is 11.3 Å². The number of fused-ring (bicyclic) bond motifs is 8. The molecular weight excluding hydrogens is 549 g/mol. The van der Waals surface area contributed by atoms with Crippen LogP contribution in [0, 0.1) is 11.3 Å². The second-order valence-corrected chi connectivity index (χ2v) is 11.6. The van der Waals surface area contributed by atoms with Gasteiger partial charge in [-0.25, -0.2) is 9.97 Å². The average Bonchev–Trinajstić information content (AvgIpc) is 3.73. The number of aromatic nitrogens is 3. The van der Waals surface area contributed by atoms with Gasteiger partial charge in [0, 0.05) is 32.0 Å². The molecule has 0 aliphatic rings. The molecule has 0 fully saturated rings. The molecule has 0 bridgehead atoms. The Hall–Kier alpha value is -5.77. The number of benzene rings is 5. The molecule has 0 N–H and O–H groups in total. The van der Waals surface area contributed by atoms with E-state index in [2.05, 4.69) is 59.2 Å². The monoisotopic (exact) mass is 568 g/mol. The van der Waals surface area contributed by atoms with Crippen LogP contribution in [0.2, 0.25) is 0 Å². The largest absolute Gasteiger partial charge is 0.454 e. The van der Waals surface area contributed by atoms with Gasteiger partial charge >= 0.3 is 0 Å². The van der Waals surface area contributed by atoms with Gasteiger partial charge in [-0.2, -0.15) is 5.26 Å². The Kier molecular flexibility index (Phi) is 5.06. The first-order valence-electron chi connectivity index (χ1n) is 14.0. The summed E-state index contributed by atoms with van der Waals surface area (Å²) in [5.41, 5.74) is 8.54. The molecule has 5 nitrogen and oxygen atoms in total. The number of hydrogen-bond acceptors (Lipinski definition) is 5. The third-order valence-corrected chi connectivity index (χ3v) is 9.23. The number of nitriles is 1. The molecule has 0 spiro atoms. The average molecular weight is 569 g/mol. The fraction of sp³-hybridized carbons (Fsp3) is 0. The van der Waals surface area contributed by atoms with E-state index in [0.717, 1.165) is 71.1 Å². The minimum absolute atomic E-state index is 0.533. The molecule has 9 rings (SSSR count). The van der Waals surface area contributed by atoms with E-state index in [-0.39, 0.29) is 0 Å². The van der Waals surface area contributed by atoms with Crippen molar-refractivity contribution in [2.45, 2.75) is 0 Å². The number of hydrogen-bond donors (Lipinski definition) is 0. The summed E-state index contributed by atoms with van der Waals surface area (Å²) in [4.78, 5) is 10.2. The number of para-hydroxylation sites is 2. The smallest absolute Gasteiger partial charge is 0.161 e. The van der Waals surface area contributed by atoms with E-state index in [4.69, 9.17) is 14.4 Å². The van der Waals surface area contributed by atoms with Crippen LogP contribution >= 0.6 is 11.3 Å². The Morgan fingerprint density at radius 3 is 2.30 bits per heavy atom. The van der Waals surface area contributed by atoms with Crippen molar-refractivity contribution < 1.29 is 4.42 Å². The molecule has 9 aromatic rings. The third-order valence-electron chi connectivity index (χ3n) is 8.07. The molecule has 6 heteroatoms. The van der Waals surface area contributed by atoms with Crippen molar-refractivity contribution in [3.63, 3.8) is 0 Å². The molecule has 4 aromatic heterocycles. The summed E-state index contributed by atoms with van der Waals surface area (Å²) in [6.45, 7) is 0. The van der Waals surface area contributed by atoms with Crippen LogP contribution in [0.5, 0.6) is 0 Å². The fourth-order valence-corrected chi connectivity index (χ4v) is 7.29. The SMILES string of the molecule is N#Cc1cc(-c2nc(-c3ccccc3)c3sc4ccccc4c3n2)ccc1-n1c2ccccc2c2oc3ccccc3c21. The fourth-order valence-electron chi connectivity index (χ4n) is 6.14. The van der Waals surface area contributed by atoms with Crippen molar-refractivity contribution in [3.8, 4) is 34.4 Å². The zero-order valence-corrected chi connectivity index (χ0v) is 23.5. The molecule has 0 unspecified atom stereocenters. The van der Waals surface area contributed by atoms with Crippen LogP contribution in [0.3, 0.4) is 0 Å². The van der Waals surface area contributed by atoms with Gasteiger partial charge in [-0.05, 0) is 48.5 Å². The third kappa shape index (κ3) is 3.49. The molecule has 0 saturated heterocycles. The van der Waals surface area contributed by atoms with Gasteiger partial charge in [0.05, 0.1) is 32.7 Å². The Bertz CT molecular complexity index is 2580. The van der Waals surface area contributed by atoms with Gasteiger partial charge in [0.15, 0.2) is 11.4 Å². The van der Waals surface area contributed by atoms with Crippen LogP contribution in [0.4, 0.5) is 0 Å². The zero-order chi connectivity index (χ0) is 28.5. The maximum absolute atomic E-state index is 10.5. The first-order valence-corrected chi connectivity index (χ1v) is 14.8. The number of rotatable bonds is 3. The maximum atomic E-state index is 10.5. The standard InChI is InChI=1S/C37H20N4OS/c38-21-24-20-23(37-39-32(22-10-2-1-3-11-22)36-33(40-37)27-14-6-9-17-31(27)43-36)18-19-28(24)41-29-15-7-4-12-25(29)35-34(41)26-13-5-8-16-30(26)42-35/h1-20H. The normalized spacial score (nSPS) is 11.7. The molecular formula is C37H20N4OS. The Labute approximate surface area is 249 Å². The summed E-state index contributed by atoms with van der Waals surface area (Å²) in [5, 5.41) is 13.6. The van der Waals surface area contributed by atoms with E-state index in [1.807, 2.05) is 72.8 Å². The molecule has 0 saturated carbocycles. The molecule has 0 aliphatic heterocycles. The maximum Gasteiger partial charge on any atom is 0.161 e. The van der Waals surface area contributed by atoms with Crippen molar-refractivity contribution in [2.24, 2.45) is 0 Å². The van der Waals surface area contributed by atoms with Crippen molar-refractivity contribution in [1.82, 2.24) is 14.5 Å². The van der Waals surface area contributed by atoms with E-state index >= 15 is 0 Å². The van der Waals surface area contributed by atoms with E-state index in [0.29, 0.717) is 11.4 Å². The molecule has 0 amide bonds. The molecule has 5 aromatic carbocycles. The first kappa shape index (κ1) is 23.9. The lowest BCUT2D eigenvalue weighted by Gasteiger charge is -2.12. The van der Waals surface area contributed by atoms with Gasteiger partial charge in [0.25, 0.3) is 0 Å². The second-order valence-electron chi connectivity index (χ2n) is 10.5. The minimum Gasteiger partial charge on any atom is -0.454 e. The van der Waals surface area contributed by atoms with Crippen LogP contribution in [0.15, 0.2) is 126 Å². The predicted molar refractivity (Wildman–Crippen MR) is 175 cm³/mol. The first-order chi connectivity index (χ1) is 21.3. The number of nitrogens with zero attached hydrogens (tertiary/aromatic N) is 4. The summed E-state index contributed by atoms with van der Waals surface area (Å²) in [6.07, 6.45) is 0. The van der Waals surface area contributed by atoms with Gasteiger partial charge in [0.1, 0.15) is 17.2 Å². The van der Waals surface area contributed by atoms with E-state index in [9.17, 15) is 5.26 Å². The highest BCUT2D eigenvalue weighted by atomic mass is 32.1. The van der Waals surface area contributed by atoms with Crippen LogP contribution in [0.25, 0.3) is 81.6 Å². The van der Waals surface area contributed by atoms with Crippen LogP contribution in [-0.2, 0) is 0 Å². The van der Waals surface area contributed by atoms with E-state index < -0.39 is 0 Å². The Morgan fingerprint density at radius 1 is 0.698 bits per heavy atom. The van der Waals surface area contributed by atoms with Crippen molar-refractivity contribution in [3.05, 3.63) is 127 Å². The quantitative estimate of drug-likeness (QED) is 0.213. The molecule has 0 radical (unpaired) electrons. The highest BCUT2D eigenvalue weighted by molar-refractivity contribution is 7.26. The van der Waals surface area contributed by atoms with Gasteiger partial charge < -0.3 is 8.98 Å². The molecule has 0 atom stereocenters. The van der Waals surface area contributed by atoms with Crippen molar-refractivity contribution >= 4 is 64.6 Å². The van der Waals surface area contributed by atoms with Crippen molar-refractivity contribution in [2.75, 3.05) is 0 Å². The van der Waals surface area contributed by atoms with Gasteiger partial charge in [-0.1, -0.05) is 72.8 Å².